The molecule has 50 heavy (non-hydrogen) atoms. The maximum Gasteiger partial charge on any atom is 0.271 e. The molecule has 1 atom stereocenters. The molecule has 0 saturated carbocycles. The van der Waals surface area contributed by atoms with E-state index in [0.717, 1.165) is 27.6 Å². The van der Waals surface area contributed by atoms with Crippen LogP contribution >= 0.6 is 34.5 Å². The van der Waals surface area contributed by atoms with Gasteiger partial charge in [0, 0.05) is 44.9 Å². The Morgan fingerprint density at radius 2 is 1.72 bits per heavy atom. The predicted molar refractivity (Wildman–Crippen MR) is 201 cm³/mol. The Hall–Kier alpha value is -5.09. The molecule has 3 heterocycles. The van der Waals surface area contributed by atoms with Crippen molar-refractivity contribution in [1.82, 2.24) is 9.13 Å². The number of carbonyl (C=O) groups is 1. The summed E-state index contributed by atoms with van der Waals surface area (Å²) < 4.78 is 15.3. The van der Waals surface area contributed by atoms with E-state index < -0.39 is 6.04 Å². The van der Waals surface area contributed by atoms with Crippen LogP contribution in [0.15, 0.2) is 112 Å². The molecular weight excluding hydrogens is 691 g/mol. The summed E-state index contributed by atoms with van der Waals surface area (Å²) in [5.74, 6) is 0.666. The Balaban J connectivity index is 1.38. The number of benzene rings is 4. The summed E-state index contributed by atoms with van der Waals surface area (Å²) in [5, 5.41) is 5.19. The molecule has 0 bridgehead atoms. The van der Waals surface area contributed by atoms with Crippen molar-refractivity contribution >= 4 is 63.1 Å². The van der Waals surface area contributed by atoms with Gasteiger partial charge in [-0.1, -0.05) is 83.1 Å². The van der Waals surface area contributed by atoms with E-state index in [-0.39, 0.29) is 11.5 Å². The number of rotatable bonds is 8. The van der Waals surface area contributed by atoms with Crippen LogP contribution < -0.4 is 29.7 Å². The number of methoxy groups -OCH3 is 2. The molecule has 11 heteroatoms. The van der Waals surface area contributed by atoms with E-state index in [1.807, 2.05) is 85.9 Å². The molecule has 1 amide bonds. The molecule has 1 aliphatic heterocycles. The first kappa shape index (κ1) is 33.4. The van der Waals surface area contributed by atoms with Crippen LogP contribution in [-0.2, 0) is 11.3 Å². The second-order valence-corrected chi connectivity index (χ2v) is 13.8. The van der Waals surface area contributed by atoms with Gasteiger partial charge in [-0.3, -0.25) is 14.2 Å². The van der Waals surface area contributed by atoms with Gasteiger partial charge in [-0.05, 0) is 73.0 Å². The SMILES string of the molecule is COc1ccc([C@H]2C(C(=O)Nc3ccccc3C)=C(C)N=c3s/c(=C\c4cn(Cc5ccc(Cl)cc5Cl)c5ccccc45)c(=O)n32)cc1OC. The Labute approximate surface area is 302 Å². The van der Waals surface area contributed by atoms with E-state index >= 15 is 0 Å². The van der Waals surface area contributed by atoms with E-state index in [1.165, 1.54) is 11.3 Å². The average Bonchev–Trinajstić information content (AvgIpc) is 3.61. The smallest absolute Gasteiger partial charge is 0.271 e. The van der Waals surface area contributed by atoms with E-state index in [1.54, 1.807) is 43.9 Å². The molecule has 7 rings (SSSR count). The normalized spacial score (nSPS) is 14.4. The summed E-state index contributed by atoms with van der Waals surface area (Å²) >= 11 is 14.0. The van der Waals surface area contributed by atoms with Gasteiger partial charge in [0.1, 0.15) is 0 Å². The van der Waals surface area contributed by atoms with Gasteiger partial charge in [-0.15, -0.1) is 0 Å². The largest absolute Gasteiger partial charge is 0.493 e. The highest BCUT2D eigenvalue weighted by Crippen LogP contribution is 2.36. The first-order chi connectivity index (χ1) is 24.2. The molecule has 0 spiro atoms. The third-order valence-electron chi connectivity index (χ3n) is 8.84. The lowest BCUT2D eigenvalue weighted by Gasteiger charge is -2.26. The number of aromatic nitrogens is 2. The molecule has 0 unspecified atom stereocenters. The van der Waals surface area contributed by atoms with Crippen LogP contribution in [0.25, 0.3) is 17.0 Å². The number of fused-ring (bicyclic) bond motifs is 2. The zero-order valence-corrected chi connectivity index (χ0v) is 30.0. The number of nitrogens with one attached hydrogen (secondary N) is 1. The van der Waals surface area contributed by atoms with Gasteiger partial charge in [-0.2, -0.15) is 0 Å². The number of allylic oxidation sites excluding steroid dienone is 1. The zero-order chi connectivity index (χ0) is 35.1. The van der Waals surface area contributed by atoms with Crippen LogP contribution in [0.5, 0.6) is 11.5 Å². The van der Waals surface area contributed by atoms with Gasteiger partial charge in [0.05, 0.1) is 36.1 Å². The Kier molecular flexibility index (Phi) is 9.13. The number of anilines is 1. The van der Waals surface area contributed by atoms with Gasteiger partial charge in [-0.25, -0.2) is 4.99 Å². The van der Waals surface area contributed by atoms with E-state index in [0.29, 0.717) is 59.9 Å². The number of amides is 1. The number of nitrogens with zero attached hydrogens (tertiary/aromatic N) is 3. The van der Waals surface area contributed by atoms with E-state index in [4.69, 9.17) is 37.7 Å². The predicted octanol–water partition coefficient (Wildman–Crippen LogP) is 7.51. The van der Waals surface area contributed by atoms with Gasteiger partial charge in [0.15, 0.2) is 16.3 Å². The van der Waals surface area contributed by atoms with Crippen LogP contribution in [0.3, 0.4) is 0 Å². The maximum absolute atomic E-state index is 14.5. The van der Waals surface area contributed by atoms with E-state index in [9.17, 15) is 9.59 Å². The number of ether oxygens (including phenoxy) is 2. The summed E-state index contributed by atoms with van der Waals surface area (Å²) in [6.07, 6.45) is 3.91. The highest BCUT2D eigenvalue weighted by molar-refractivity contribution is 7.07. The van der Waals surface area contributed by atoms with Gasteiger partial charge < -0.3 is 19.4 Å². The lowest BCUT2D eigenvalue weighted by molar-refractivity contribution is -0.113. The van der Waals surface area contributed by atoms with Crippen molar-refractivity contribution in [3.8, 4) is 11.5 Å². The Morgan fingerprint density at radius 1 is 0.960 bits per heavy atom. The van der Waals surface area contributed by atoms with Crippen molar-refractivity contribution in [2.75, 3.05) is 19.5 Å². The van der Waals surface area contributed by atoms with Gasteiger partial charge in [0.25, 0.3) is 11.5 Å². The molecule has 0 radical (unpaired) electrons. The fourth-order valence-corrected chi connectivity index (χ4v) is 7.85. The molecule has 2 aromatic heterocycles. The van der Waals surface area contributed by atoms with Crippen LogP contribution in [0, 0.1) is 6.92 Å². The van der Waals surface area contributed by atoms with Gasteiger partial charge in [0.2, 0.25) is 0 Å². The van der Waals surface area contributed by atoms with Crippen molar-refractivity contribution in [2.24, 2.45) is 4.99 Å². The summed E-state index contributed by atoms with van der Waals surface area (Å²) in [4.78, 5) is 34.0. The monoisotopic (exact) mass is 722 g/mol. The minimum atomic E-state index is -0.786. The topological polar surface area (TPSA) is 86.9 Å². The first-order valence-corrected chi connectivity index (χ1v) is 17.4. The number of halogens is 2. The van der Waals surface area contributed by atoms with Crippen molar-refractivity contribution in [1.29, 1.82) is 0 Å². The summed E-state index contributed by atoms with van der Waals surface area (Å²) in [6.45, 7) is 4.25. The number of hydrogen-bond acceptors (Lipinski definition) is 6. The quantitative estimate of drug-likeness (QED) is 0.176. The second-order valence-electron chi connectivity index (χ2n) is 11.9. The number of aryl methyl sites for hydroxylation is 1. The molecule has 4 aromatic carbocycles. The molecule has 0 aliphatic carbocycles. The third-order valence-corrected chi connectivity index (χ3v) is 10.4. The number of thiazole rings is 1. The fourth-order valence-electron chi connectivity index (χ4n) is 6.35. The molecule has 0 fully saturated rings. The molecule has 8 nitrogen and oxygen atoms in total. The van der Waals surface area contributed by atoms with Crippen molar-refractivity contribution in [2.45, 2.75) is 26.4 Å². The Morgan fingerprint density at radius 3 is 2.48 bits per heavy atom. The van der Waals surface area contributed by atoms with Gasteiger partial charge >= 0.3 is 0 Å². The second kappa shape index (κ2) is 13.7. The summed E-state index contributed by atoms with van der Waals surface area (Å²) in [5.41, 5.74) is 5.66. The third kappa shape index (κ3) is 6.13. The van der Waals surface area contributed by atoms with Crippen LogP contribution in [0.2, 0.25) is 10.0 Å². The molecule has 1 aliphatic rings. The van der Waals surface area contributed by atoms with Crippen LogP contribution in [0.4, 0.5) is 5.69 Å². The van der Waals surface area contributed by atoms with Crippen molar-refractivity contribution in [3.63, 3.8) is 0 Å². The molecular formula is C39H32Cl2N4O4S. The van der Waals surface area contributed by atoms with Crippen molar-refractivity contribution < 1.29 is 14.3 Å². The Bertz CT molecular complexity index is 2530. The molecule has 1 N–H and O–H groups in total. The van der Waals surface area contributed by atoms with Crippen LogP contribution in [-0.4, -0.2) is 29.3 Å². The zero-order valence-electron chi connectivity index (χ0n) is 27.7. The number of para-hydroxylation sites is 2. The lowest BCUT2D eigenvalue weighted by atomic mass is 9.94. The number of hydrogen-bond donors (Lipinski definition) is 1. The minimum absolute atomic E-state index is 0.264. The lowest BCUT2D eigenvalue weighted by Crippen LogP contribution is -2.40. The van der Waals surface area contributed by atoms with E-state index in [2.05, 4.69) is 9.88 Å². The fraction of sp³-hybridized carbons (Fsp3) is 0.154. The first-order valence-electron chi connectivity index (χ1n) is 15.8. The van der Waals surface area contributed by atoms with Crippen molar-refractivity contribution in [3.05, 3.63) is 154 Å². The number of carbonyl (C=O) groups excluding carboxylic acids is 1. The molecule has 252 valence electrons. The van der Waals surface area contributed by atoms with Crippen LogP contribution in [0.1, 0.15) is 35.2 Å². The maximum atomic E-state index is 14.5. The summed E-state index contributed by atoms with van der Waals surface area (Å²) in [6, 6.07) is 25.7. The standard InChI is InChI=1S/C39H32Cl2N4O4S/c1-22-9-5-7-11-30(22)43-37(46)35-23(2)42-39-45(36(35)24-14-16-32(48-3)33(17-24)49-4)38(47)34(50-39)18-26-21-44(31-12-8-6-10-28(26)31)20-25-13-15-27(40)19-29(25)41/h5-19,21,36H,20H2,1-4H3,(H,43,46)/b34-18-/t36-/m0/s1. The highest BCUT2D eigenvalue weighted by atomic mass is 35.5. The average molecular weight is 724 g/mol. The molecule has 0 saturated heterocycles. The summed E-state index contributed by atoms with van der Waals surface area (Å²) in [7, 11) is 3.12. The molecule has 6 aromatic rings. The minimum Gasteiger partial charge on any atom is -0.493 e. The highest BCUT2D eigenvalue weighted by Gasteiger charge is 2.33.